The number of aromatic nitrogens is 2. The topological polar surface area (TPSA) is 73.1 Å². The summed E-state index contributed by atoms with van der Waals surface area (Å²) >= 11 is 3.34. The Kier molecular flexibility index (Phi) is 3.78. The van der Waals surface area contributed by atoms with E-state index in [4.69, 9.17) is 10.6 Å². The average Bonchev–Trinajstić information content (AvgIpc) is 2.36. The molecule has 3 N–H and O–H groups in total. The van der Waals surface area contributed by atoms with E-state index >= 15 is 0 Å². The van der Waals surface area contributed by atoms with Crippen molar-refractivity contribution in [2.75, 3.05) is 5.43 Å². The van der Waals surface area contributed by atoms with Crippen LogP contribution >= 0.6 is 15.9 Å². The summed E-state index contributed by atoms with van der Waals surface area (Å²) in [5, 5.41) is 0. The molecule has 0 aliphatic heterocycles. The number of rotatable bonds is 3. The maximum atomic E-state index is 5.77. The van der Waals surface area contributed by atoms with Crippen LogP contribution in [-0.2, 0) is 0 Å². The molecule has 0 atom stereocenters. The molecule has 6 heteroatoms. The summed E-state index contributed by atoms with van der Waals surface area (Å²) in [7, 11) is 0. The Hall–Kier alpha value is -1.66. The lowest BCUT2D eigenvalue weighted by Crippen LogP contribution is -2.10. The Morgan fingerprint density at radius 1 is 1.33 bits per heavy atom. The Balaban J connectivity index is 2.36. The van der Waals surface area contributed by atoms with Crippen LogP contribution in [0.15, 0.2) is 28.9 Å². The zero-order chi connectivity index (χ0) is 13.1. The second-order valence-electron chi connectivity index (χ2n) is 3.86. The zero-order valence-electron chi connectivity index (χ0n) is 10.1. The number of nitrogens with one attached hydrogen (secondary N) is 1. The van der Waals surface area contributed by atoms with Crippen molar-refractivity contribution < 1.29 is 4.74 Å². The van der Waals surface area contributed by atoms with Crippen molar-refractivity contribution in [3.8, 4) is 11.6 Å². The van der Waals surface area contributed by atoms with Gasteiger partial charge in [0.2, 0.25) is 11.8 Å². The number of halogens is 1. The van der Waals surface area contributed by atoms with Gasteiger partial charge in [-0.2, -0.15) is 4.98 Å². The van der Waals surface area contributed by atoms with Crippen LogP contribution in [0, 0.1) is 13.8 Å². The Bertz CT molecular complexity index is 574. The van der Waals surface area contributed by atoms with E-state index in [-0.39, 0.29) is 0 Å². The van der Waals surface area contributed by atoms with Crippen LogP contribution in [0.1, 0.15) is 11.1 Å². The lowest BCUT2D eigenvalue weighted by atomic mass is 10.1. The Morgan fingerprint density at radius 2 is 2.11 bits per heavy atom. The van der Waals surface area contributed by atoms with E-state index in [1.165, 1.54) is 0 Å². The SMILES string of the molecule is Cc1ccc(C)c(Oc2nc(NN)ncc2Br)c1. The molecule has 2 aromatic rings. The van der Waals surface area contributed by atoms with Gasteiger partial charge < -0.3 is 4.74 Å². The van der Waals surface area contributed by atoms with Gasteiger partial charge in [-0.15, -0.1) is 0 Å². The van der Waals surface area contributed by atoms with Crippen molar-refractivity contribution in [1.29, 1.82) is 0 Å². The smallest absolute Gasteiger partial charge is 0.240 e. The van der Waals surface area contributed by atoms with Crippen LogP contribution in [0.2, 0.25) is 0 Å². The van der Waals surface area contributed by atoms with Gasteiger partial charge in [0, 0.05) is 0 Å². The van der Waals surface area contributed by atoms with Gasteiger partial charge in [0.1, 0.15) is 5.75 Å². The maximum Gasteiger partial charge on any atom is 0.240 e. The van der Waals surface area contributed by atoms with Crippen molar-refractivity contribution in [2.45, 2.75) is 13.8 Å². The summed E-state index contributed by atoms with van der Waals surface area (Å²) in [6, 6.07) is 5.99. The molecule has 0 spiro atoms. The third-order valence-electron chi connectivity index (χ3n) is 2.39. The number of aryl methyl sites for hydroxylation is 2. The highest BCUT2D eigenvalue weighted by molar-refractivity contribution is 9.10. The molecule has 2 rings (SSSR count). The molecular weight excluding hydrogens is 296 g/mol. The van der Waals surface area contributed by atoms with Crippen molar-refractivity contribution in [1.82, 2.24) is 9.97 Å². The van der Waals surface area contributed by atoms with E-state index in [9.17, 15) is 0 Å². The standard InChI is InChI=1S/C12H13BrN4O/c1-7-3-4-8(2)10(5-7)18-11-9(13)6-15-12(16-11)17-14/h3-6H,14H2,1-2H3,(H,15,16,17). The summed E-state index contributed by atoms with van der Waals surface area (Å²) in [6.07, 6.45) is 1.59. The molecule has 0 bridgehead atoms. The summed E-state index contributed by atoms with van der Waals surface area (Å²) < 4.78 is 6.44. The molecule has 0 fully saturated rings. The number of nitrogens with zero attached hydrogens (tertiary/aromatic N) is 2. The summed E-state index contributed by atoms with van der Waals surface area (Å²) in [5.74, 6) is 6.76. The maximum absolute atomic E-state index is 5.77. The number of nitrogen functional groups attached to an aromatic ring is 1. The van der Waals surface area contributed by atoms with E-state index in [0.717, 1.165) is 16.9 Å². The van der Waals surface area contributed by atoms with Gasteiger partial charge in [-0.3, -0.25) is 5.43 Å². The second-order valence-corrected chi connectivity index (χ2v) is 4.72. The molecule has 0 aliphatic carbocycles. The lowest BCUT2D eigenvalue weighted by molar-refractivity contribution is 0.455. The highest BCUT2D eigenvalue weighted by atomic mass is 79.9. The number of anilines is 1. The predicted octanol–water partition coefficient (Wildman–Crippen LogP) is 2.93. The molecule has 0 amide bonds. The molecule has 0 aliphatic rings. The van der Waals surface area contributed by atoms with Crippen LogP contribution in [0.3, 0.4) is 0 Å². The molecule has 18 heavy (non-hydrogen) atoms. The minimum Gasteiger partial charge on any atom is -0.437 e. The van der Waals surface area contributed by atoms with Crippen LogP contribution in [0.25, 0.3) is 0 Å². The van der Waals surface area contributed by atoms with Crippen molar-refractivity contribution >= 4 is 21.9 Å². The Morgan fingerprint density at radius 3 is 2.83 bits per heavy atom. The zero-order valence-corrected chi connectivity index (χ0v) is 11.7. The fraction of sp³-hybridized carbons (Fsp3) is 0.167. The molecule has 1 heterocycles. The molecule has 5 nitrogen and oxygen atoms in total. The number of ether oxygens (including phenoxy) is 1. The minimum absolute atomic E-state index is 0.304. The normalized spacial score (nSPS) is 10.2. The molecule has 0 saturated carbocycles. The first-order chi connectivity index (χ1) is 8.60. The van der Waals surface area contributed by atoms with Gasteiger partial charge in [0.25, 0.3) is 0 Å². The number of benzene rings is 1. The van der Waals surface area contributed by atoms with Crippen molar-refractivity contribution in [3.63, 3.8) is 0 Å². The molecular formula is C12H13BrN4O. The summed E-state index contributed by atoms with van der Waals surface area (Å²) in [5.41, 5.74) is 4.54. The summed E-state index contributed by atoms with van der Waals surface area (Å²) in [4.78, 5) is 8.11. The molecule has 94 valence electrons. The monoisotopic (exact) mass is 308 g/mol. The third-order valence-corrected chi connectivity index (χ3v) is 2.94. The van der Waals surface area contributed by atoms with Gasteiger partial charge >= 0.3 is 0 Å². The average molecular weight is 309 g/mol. The fourth-order valence-electron chi connectivity index (χ4n) is 1.41. The number of hydrogen-bond donors (Lipinski definition) is 2. The van der Waals surface area contributed by atoms with Crippen LogP contribution in [0.4, 0.5) is 5.95 Å². The minimum atomic E-state index is 0.304. The first-order valence-electron chi connectivity index (χ1n) is 5.34. The second kappa shape index (κ2) is 5.32. The van der Waals surface area contributed by atoms with Crippen molar-refractivity contribution in [3.05, 3.63) is 40.0 Å². The fourth-order valence-corrected chi connectivity index (χ4v) is 1.69. The van der Waals surface area contributed by atoms with Gasteiger partial charge in [0.15, 0.2) is 0 Å². The molecule has 1 aromatic carbocycles. The third kappa shape index (κ3) is 2.77. The molecule has 1 aromatic heterocycles. The number of nitrogens with two attached hydrogens (primary N) is 1. The highest BCUT2D eigenvalue weighted by Crippen LogP contribution is 2.30. The van der Waals surface area contributed by atoms with E-state index in [0.29, 0.717) is 16.3 Å². The number of hydrogen-bond acceptors (Lipinski definition) is 5. The molecule has 0 unspecified atom stereocenters. The first kappa shape index (κ1) is 12.8. The van der Waals surface area contributed by atoms with E-state index < -0.39 is 0 Å². The van der Waals surface area contributed by atoms with E-state index in [1.54, 1.807) is 6.20 Å². The van der Waals surface area contributed by atoms with Crippen molar-refractivity contribution in [2.24, 2.45) is 5.84 Å². The van der Waals surface area contributed by atoms with Gasteiger partial charge in [0.05, 0.1) is 10.7 Å². The first-order valence-corrected chi connectivity index (χ1v) is 6.13. The predicted molar refractivity (Wildman–Crippen MR) is 73.5 cm³/mol. The van der Waals surface area contributed by atoms with E-state index in [1.807, 2.05) is 32.0 Å². The Labute approximate surface area is 113 Å². The van der Waals surface area contributed by atoms with Gasteiger partial charge in [-0.05, 0) is 47.0 Å². The van der Waals surface area contributed by atoms with Gasteiger partial charge in [-0.1, -0.05) is 12.1 Å². The van der Waals surface area contributed by atoms with Crippen LogP contribution in [0.5, 0.6) is 11.6 Å². The molecule has 0 radical (unpaired) electrons. The van der Waals surface area contributed by atoms with E-state index in [2.05, 4.69) is 31.3 Å². The lowest BCUT2D eigenvalue weighted by Gasteiger charge is -2.10. The number of hydrazine groups is 1. The van der Waals surface area contributed by atoms with Crippen LogP contribution in [-0.4, -0.2) is 9.97 Å². The largest absolute Gasteiger partial charge is 0.437 e. The summed E-state index contributed by atoms with van der Waals surface area (Å²) in [6.45, 7) is 3.99. The van der Waals surface area contributed by atoms with Crippen LogP contribution < -0.4 is 16.0 Å². The highest BCUT2D eigenvalue weighted by Gasteiger charge is 2.09. The molecule has 0 saturated heterocycles. The quantitative estimate of drug-likeness (QED) is 0.673. The van der Waals surface area contributed by atoms with Gasteiger partial charge in [-0.25, -0.2) is 10.8 Å².